The molecule has 0 bridgehead atoms. The Hall–Kier alpha value is -1.05. The largest absolute Gasteiger partial charge is 0.371 e. The van der Waals surface area contributed by atoms with Crippen molar-refractivity contribution < 1.29 is 4.39 Å². The van der Waals surface area contributed by atoms with E-state index in [0.29, 0.717) is 0 Å². The summed E-state index contributed by atoms with van der Waals surface area (Å²) in [5.74, 6) is -0.110. The maximum absolute atomic E-state index is 12.9. The molecule has 0 amide bonds. The Kier molecular flexibility index (Phi) is 2.71. The van der Waals surface area contributed by atoms with Crippen LogP contribution in [-0.4, -0.2) is 13.1 Å². The van der Waals surface area contributed by atoms with Gasteiger partial charge in [-0.15, -0.1) is 0 Å². The predicted octanol–water partition coefficient (Wildman–Crippen LogP) is 2.99. The molecule has 76 valence electrons. The second kappa shape index (κ2) is 3.99. The summed E-state index contributed by atoms with van der Waals surface area (Å²) in [6.07, 6.45) is 3.43. The van der Waals surface area contributed by atoms with Gasteiger partial charge in [-0.25, -0.2) is 4.39 Å². The second-order valence-corrected chi connectivity index (χ2v) is 3.86. The van der Waals surface area contributed by atoms with E-state index in [0.717, 1.165) is 19.5 Å². The van der Waals surface area contributed by atoms with Crippen LogP contribution in [0, 0.1) is 5.82 Å². The van der Waals surface area contributed by atoms with Crippen LogP contribution in [0.15, 0.2) is 18.2 Å². The minimum atomic E-state index is -0.110. The fourth-order valence-corrected chi connectivity index (χ4v) is 2.02. The summed E-state index contributed by atoms with van der Waals surface area (Å²) in [5.41, 5.74) is 2.40. The van der Waals surface area contributed by atoms with Crippen LogP contribution in [0.1, 0.15) is 25.3 Å². The zero-order chi connectivity index (χ0) is 9.97. The van der Waals surface area contributed by atoms with Crippen molar-refractivity contribution in [2.45, 2.75) is 26.2 Å². The molecule has 0 fully saturated rings. The zero-order valence-electron chi connectivity index (χ0n) is 8.59. The van der Waals surface area contributed by atoms with E-state index in [1.807, 2.05) is 6.07 Å². The molecule has 0 aliphatic carbocycles. The van der Waals surface area contributed by atoms with Crippen molar-refractivity contribution in [3.8, 4) is 0 Å². The lowest BCUT2D eigenvalue weighted by Crippen LogP contribution is -2.21. The first-order valence-corrected chi connectivity index (χ1v) is 5.34. The molecule has 14 heavy (non-hydrogen) atoms. The zero-order valence-corrected chi connectivity index (χ0v) is 8.59. The quantitative estimate of drug-likeness (QED) is 0.713. The van der Waals surface area contributed by atoms with Gasteiger partial charge in [-0.1, -0.05) is 13.3 Å². The first-order valence-electron chi connectivity index (χ1n) is 5.34. The Morgan fingerprint density at radius 1 is 1.43 bits per heavy atom. The fraction of sp³-hybridized carbons (Fsp3) is 0.500. The highest BCUT2D eigenvalue weighted by Crippen LogP contribution is 2.28. The third kappa shape index (κ3) is 1.74. The van der Waals surface area contributed by atoms with Gasteiger partial charge in [0.15, 0.2) is 0 Å². The van der Waals surface area contributed by atoms with Gasteiger partial charge in [0.25, 0.3) is 0 Å². The number of hydrogen-bond donors (Lipinski definition) is 0. The first-order chi connectivity index (χ1) is 6.81. The lowest BCUT2D eigenvalue weighted by molar-refractivity contribution is 0.626. The summed E-state index contributed by atoms with van der Waals surface area (Å²) in [4.78, 5) is 2.36. The molecule has 0 saturated heterocycles. The number of halogens is 1. The second-order valence-electron chi connectivity index (χ2n) is 3.86. The highest BCUT2D eigenvalue weighted by atomic mass is 19.1. The van der Waals surface area contributed by atoms with Crippen LogP contribution >= 0.6 is 0 Å². The lowest BCUT2D eigenvalue weighted by atomic mass is 10.1. The highest BCUT2D eigenvalue weighted by molar-refractivity contribution is 5.57. The Balaban J connectivity index is 2.14. The van der Waals surface area contributed by atoms with Crippen molar-refractivity contribution in [3.63, 3.8) is 0 Å². The number of rotatable bonds is 3. The van der Waals surface area contributed by atoms with Crippen molar-refractivity contribution in [3.05, 3.63) is 29.6 Å². The van der Waals surface area contributed by atoms with Gasteiger partial charge in [-0.05, 0) is 36.6 Å². The summed E-state index contributed by atoms with van der Waals surface area (Å²) in [7, 11) is 0. The molecule has 0 spiro atoms. The molecule has 2 rings (SSSR count). The molecule has 1 aliphatic rings. The van der Waals surface area contributed by atoms with E-state index >= 15 is 0 Å². The van der Waals surface area contributed by atoms with E-state index in [1.165, 1.54) is 24.1 Å². The van der Waals surface area contributed by atoms with Crippen molar-refractivity contribution in [2.24, 2.45) is 0 Å². The summed E-state index contributed by atoms with van der Waals surface area (Å²) in [6.45, 7) is 4.36. The van der Waals surface area contributed by atoms with Crippen LogP contribution in [0.5, 0.6) is 0 Å². The molecule has 1 heterocycles. The molecule has 1 aliphatic heterocycles. The van der Waals surface area contributed by atoms with E-state index in [2.05, 4.69) is 11.8 Å². The van der Waals surface area contributed by atoms with Crippen LogP contribution in [0.3, 0.4) is 0 Å². The number of benzene rings is 1. The molecule has 0 aromatic heterocycles. The summed E-state index contributed by atoms with van der Waals surface area (Å²) >= 11 is 0. The van der Waals surface area contributed by atoms with E-state index < -0.39 is 0 Å². The molecule has 1 aromatic rings. The van der Waals surface area contributed by atoms with E-state index in [4.69, 9.17) is 0 Å². The highest BCUT2D eigenvalue weighted by Gasteiger charge is 2.18. The van der Waals surface area contributed by atoms with Crippen molar-refractivity contribution in [1.82, 2.24) is 0 Å². The smallest absolute Gasteiger partial charge is 0.123 e. The average molecular weight is 193 g/mol. The monoisotopic (exact) mass is 193 g/mol. The van der Waals surface area contributed by atoms with Crippen LogP contribution in [0.25, 0.3) is 0 Å². The summed E-state index contributed by atoms with van der Waals surface area (Å²) < 4.78 is 12.9. The molecular formula is C12H16FN. The average Bonchev–Trinajstić information content (AvgIpc) is 2.57. The van der Waals surface area contributed by atoms with Gasteiger partial charge in [0.05, 0.1) is 0 Å². The van der Waals surface area contributed by atoms with Gasteiger partial charge >= 0.3 is 0 Å². The standard InChI is InChI=1S/C12H16FN/c1-2-3-7-14-8-6-10-9-11(13)4-5-12(10)14/h4-5,9H,2-3,6-8H2,1H3. The van der Waals surface area contributed by atoms with E-state index in [1.54, 1.807) is 12.1 Å². The minimum Gasteiger partial charge on any atom is -0.371 e. The maximum atomic E-state index is 12.9. The third-order valence-electron chi connectivity index (χ3n) is 2.81. The number of anilines is 1. The number of unbranched alkanes of at least 4 members (excludes halogenated alkanes) is 1. The van der Waals surface area contributed by atoms with Gasteiger partial charge in [0.1, 0.15) is 5.82 Å². The van der Waals surface area contributed by atoms with Crippen LogP contribution in [-0.2, 0) is 6.42 Å². The van der Waals surface area contributed by atoms with Crippen LogP contribution in [0.4, 0.5) is 10.1 Å². The molecule has 1 aromatic carbocycles. The Bertz CT molecular complexity index is 322. The Morgan fingerprint density at radius 2 is 2.29 bits per heavy atom. The summed E-state index contributed by atoms with van der Waals surface area (Å²) in [5, 5.41) is 0. The lowest BCUT2D eigenvalue weighted by Gasteiger charge is -2.18. The molecular weight excluding hydrogens is 177 g/mol. The molecule has 0 N–H and O–H groups in total. The van der Waals surface area contributed by atoms with E-state index in [-0.39, 0.29) is 5.82 Å². The van der Waals surface area contributed by atoms with Gasteiger partial charge < -0.3 is 4.90 Å². The SMILES string of the molecule is CCCCN1CCc2cc(F)ccc21. The number of nitrogens with zero attached hydrogens (tertiary/aromatic N) is 1. The van der Waals surface area contributed by atoms with Crippen molar-refractivity contribution >= 4 is 5.69 Å². The Labute approximate surface area is 84.5 Å². The molecule has 0 unspecified atom stereocenters. The maximum Gasteiger partial charge on any atom is 0.123 e. The molecule has 0 radical (unpaired) electrons. The van der Waals surface area contributed by atoms with Gasteiger partial charge in [-0.3, -0.25) is 0 Å². The Morgan fingerprint density at radius 3 is 3.07 bits per heavy atom. The van der Waals surface area contributed by atoms with Crippen LogP contribution < -0.4 is 4.90 Å². The first kappa shape index (κ1) is 9.50. The van der Waals surface area contributed by atoms with E-state index in [9.17, 15) is 4.39 Å². The van der Waals surface area contributed by atoms with Crippen molar-refractivity contribution in [2.75, 3.05) is 18.0 Å². The minimum absolute atomic E-state index is 0.110. The fourth-order valence-electron chi connectivity index (χ4n) is 2.02. The summed E-state index contributed by atoms with van der Waals surface area (Å²) in [6, 6.07) is 5.14. The van der Waals surface area contributed by atoms with Gasteiger partial charge in [-0.2, -0.15) is 0 Å². The predicted molar refractivity (Wildman–Crippen MR) is 57.2 cm³/mol. The molecule has 0 saturated carbocycles. The van der Waals surface area contributed by atoms with Gasteiger partial charge in [0.2, 0.25) is 0 Å². The molecule has 0 atom stereocenters. The number of fused-ring (bicyclic) bond motifs is 1. The third-order valence-corrected chi connectivity index (χ3v) is 2.81. The van der Waals surface area contributed by atoms with Crippen molar-refractivity contribution in [1.29, 1.82) is 0 Å². The molecule has 1 nitrogen and oxygen atoms in total. The van der Waals surface area contributed by atoms with Gasteiger partial charge in [0, 0.05) is 18.8 Å². The topological polar surface area (TPSA) is 3.24 Å². The normalized spacial score (nSPS) is 14.6. The van der Waals surface area contributed by atoms with Crippen LogP contribution in [0.2, 0.25) is 0 Å². The molecule has 2 heteroatoms. The number of hydrogen-bond acceptors (Lipinski definition) is 1.